The lowest BCUT2D eigenvalue weighted by molar-refractivity contribution is 0.824. The quantitative estimate of drug-likeness (QED) is 0.580. The predicted octanol–water partition coefficient (Wildman–Crippen LogP) is 1.72. The third kappa shape index (κ3) is 1.29. The van der Waals surface area contributed by atoms with Crippen molar-refractivity contribution in [1.29, 1.82) is 0 Å². The molecule has 0 unspecified atom stereocenters. The molecule has 1 heterocycles. The van der Waals surface area contributed by atoms with Crippen molar-refractivity contribution in [1.82, 2.24) is 4.98 Å². The van der Waals surface area contributed by atoms with Crippen molar-refractivity contribution in [2.75, 3.05) is 0 Å². The first kappa shape index (κ1) is 8.68. The second kappa shape index (κ2) is 3.32. The summed E-state index contributed by atoms with van der Waals surface area (Å²) in [6.45, 7) is 2.10. The average Bonchev–Trinajstić information content (AvgIpc) is 2.06. The summed E-state index contributed by atoms with van der Waals surface area (Å²) in [5.41, 5.74) is 2.36. The van der Waals surface area contributed by atoms with Crippen LogP contribution < -0.4 is 0 Å². The molecule has 1 aromatic carbocycles. The molecule has 0 bridgehead atoms. The summed E-state index contributed by atoms with van der Waals surface area (Å²) in [7, 11) is 0. The SMILES string of the molecule is Cc1ccnc2ccccc12.O. The molecule has 0 fully saturated rings. The first-order valence-electron chi connectivity index (χ1n) is 3.68. The zero-order valence-corrected chi connectivity index (χ0v) is 6.91. The third-order valence-electron chi connectivity index (χ3n) is 1.87. The van der Waals surface area contributed by atoms with Crippen molar-refractivity contribution < 1.29 is 5.48 Å². The fourth-order valence-electron chi connectivity index (χ4n) is 1.24. The number of para-hydroxylation sites is 1. The first-order valence-corrected chi connectivity index (χ1v) is 3.68. The topological polar surface area (TPSA) is 44.4 Å². The molecule has 0 saturated carbocycles. The third-order valence-corrected chi connectivity index (χ3v) is 1.87. The van der Waals surface area contributed by atoms with Crippen molar-refractivity contribution in [2.45, 2.75) is 6.92 Å². The van der Waals surface area contributed by atoms with Crippen LogP contribution >= 0.6 is 0 Å². The maximum absolute atomic E-state index is 4.24. The van der Waals surface area contributed by atoms with Gasteiger partial charge in [-0.05, 0) is 24.6 Å². The zero-order valence-electron chi connectivity index (χ0n) is 6.91. The highest BCUT2D eigenvalue weighted by Crippen LogP contribution is 2.13. The Morgan fingerprint density at radius 1 is 1.08 bits per heavy atom. The lowest BCUT2D eigenvalue weighted by Crippen LogP contribution is -1.79. The molecule has 1 aromatic heterocycles. The Morgan fingerprint density at radius 3 is 2.58 bits per heavy atom. The fourth-order valence-corrected chi connectivity index (χ4v) is 1.24. The molecule has 0 spiro atoms. The molecule has 0 aliphatic heterocycles. The van der Waals surface area contributed by atoms with Gasteiger partial charge in [-0.1, -0.05) is 18.2 Å². The molecule has 2 heteroatoms. The van der Waals surface area contributed by atoms with E-state index in [4.69, 9.17) is 0 Å². The monoisotopic (exact) mass is 161 g/mol. The second-order valence-electron chi connectivity index (χ2n) is 2.64. The van der Waals surface area contributed by atoms with Gasteiger partial charge in [0, 0.05) is 11.6 Å². The van der Waals surface area contributed by atoms with Crippen molar-refractivity contribution in [3.05, 3.63) is 42.1 Å². The molecule has 12 heavy (non-hydrogen) atoms. The van der Waals surface area contributed by atoms with Crippen LogP contribution in [0.25, 0.3) is 10.9 Å². The Balaban J connectivity index is 0.000000720. The van der Waals surface area contributed by atoms with Gasteiger partial charge < -0.3 is 5.48 Å². The normalized spacial score (nSPS) is 9.42. The van der Waals surface area contributed by atoms with E-state index in [0.29, 0.717) is 0 Å². The minimum Gasteiger partial charge on any atom is -0.412 e. The number of hydrogen-bond donors (Lipinski definition) is 0. The molecule has 2 nitrogen and oxygen atoms in total. The van der Waals surface area contributed by atoms with Gasteiger partial charge >= 0.3 is 0 Å². The molecule has 0 aliphatic rings. The Labute approximate surface area is 71.2 Å². The minimum atomic E-state index is 0. The van der Waals surface area contributed by atoms with Gasteiger partial charge in [-0.25, -0.2) is 0 Å². The van der Waals surface area contributed by atoms with Crippen LogP contribution in [0.4, 0.5) is 0 Å². The molecule has 2 N–H and O–H groups in total. The Hall–Kier alpha value is -1.41. The number of aromatic nitrogens is 1. The molecule has 0 radical (unpaired) electrons. The minimum absolute atomic E-state index is 0. The highest BCUT2D eigenvalue weighted by atomic mass is 16.0. The van der Waals surface area contributed by atoms with Crippen LogP contribution in [-0.4, -0.2) is 10.5 Å². The van der Waals surface area contributed by atoms with Gasteiger partial charge in [0.1, 0.15) is 0 Å². The summed E-state index contributed by atoms with van der Waals surface area (Å²) in [4.78, 5) is 4.24. The molecule has 0 amide bonds. The summed E-state index contributed by atoms with van der Waals surface area (Å²) in [5.74, 6) is 0. The van der Waals surface area contributed by atoms with Crippen LogP contribution in [0.1, 0.15) is 5.56 Å². The fraction of sp³-hybridized carbons (Fsp3) is 0.100. The molecular formula is C10H11NO. The van der Waals surface area contributed by atoms with E-state index < -0.39 is 0 Å². The van der Waals surface area contributed by atoms with Gasteiger partial charge in [0.15, 0.2) is 0 Å². The number of aryl methyl sites for hydroxylation is 1. The molecule has 2 rings (SSSR count). The van der Waals surface area contributed by atoms with Gasteiger partial charge in [-0.2, -0.15) is 0 Å². The lowest BCUT2D eigenvalue weighted by Gasteiger charge is -1.97. The van der Waals surface area contributed by atoms with Gasteiger partial charge in [-0.3, -0.25) is 4.98 Å². The summed E-state index contributed by atoms with van der Waals surface area (Å²) in [6.07, 6.45) is 1.84. The Bertz CT molecular complexity index is 379. The van der Waals surface area contributed by atoms with Gasteiger partial charge in [0.05, 0.1) is 5.52 Å². The molecule has 0 aliphatic carbocycles. The van der Waals surface area contributed by atoms with E-state index >= 15 is 0 Å². The van der Waals surface area contributed by atoms with Crippen LogP contribution in [-0.2, 0) is 0 Å². The molecule has 0 saturated heterocycles. The van der Waals surface area contributed by atoms with E-state index in [1.165, 1.54) is 10.9 Å². The number of fused-ring (bicyclic) bond motifs is 1. The van der Waals surface area contributed by atoms with Crippen molar-refractivity contribution in [3.63, 3.8) is 0 Å². The Kier molecular flexibility index (Phi) is 2.41. The lowest BCUT2D eigenvalue weighted by atomic mass is 10.1. The highest BCUT2D eigenvalue weighted by molar-refractivity contribution is 5.81. The number of nitrogens with zero attached hydrogens (tertiary/aromatic N) is 1. The van der Waals surface area contributed by atoms with Crippen molar-refractivity contribution >= 4 is 10.9 Å². The Morgan fingerprint density at radius 2 is 1.83 bits per heavy atom. The smallest absolute Gasteiger partial charge is 0.0704 e. The number of rotatable bonds is 0. The van der Waals surface area contributed by atoms with E-state index in [9.17, 15) is 0 Å². The second-order valence-corrected chi connectivity index (χ2v) is 2.64. The van der Waals surface area contributed by atoms with Gasteiger partial charge in [-0.15, -0.1) is 0 Å². The van der Waals surface area contributed by atoms with Crippen LogP contribution in [0, 0.1) is 6.92 Å². The summed E-state index contributed by atoms with van der Waals surface area (Å²) in [6, 6.07) is 10.2. The van der Waals surface area contributed by atoms with Gasteiger partial charge in [0.2, 0.25) is 0 Å². The maximum Gasteiger partial charge on any atom is 0.0704 e. The zero-order chi connectivity index (χ0) is 7.68. The van der Waals surface area contributed by atoms with E-state index in [0.717, 1.165) is 5.52 Å². The first-order chi connectivity index (χ1) is 5.38. The highest BCUT2D eigenvalue weighted by Gasteiger charge is 1.93. The van der Waals surface area contributed by atoms with E-state index in [-0.39, 0.29) is 5.48 Å². The summed E-state index contributed by atoms with van der Waals surface area (Å²) >= 11 is 0. The number of hydrogen-bond acceptors (Lipinski definition) is 1. The average molecular weight is 161 g/mol. The molecule has 62 valence electrons. The number of benzene rings is 1. The molecule has 0 atom stereocenters. The molecular weight excluding hydrogens is 150 g/mol. The standard InChI is InChI=1S/C10H9N.H2O/c1-8-6-7-11-10-5-3-2-4-9(8)10;/h2-7H,1H3;1H2. The van der Waals surface area contributed by atoms with Gasteiger partial charge in [0.25, 0.3) is 0 Å². The summed E-state index contributed by atoms with van der Waals surface area (Å²) in [5, 5.41) is 1.25. The van der Waals surface area contributed by atoms with E-state index in [1.54, 1.807) is 0 Å². The molecule has 2 aromatic rings. The van der Waals surface area contributed by atoms with E-state index in [1.807, 2.05) is 30.5 Å². The van der Waals surface area contributed by atoms with Crippen LogP contribution in [0.15, 0.2) is 36.5 Å². The van der Waals surface area contributed by atoms with E-state index in [2.05, 4.69) is 18.0 Å². The van der Waals surface area contributed by atoms with Crippen LogP contribution in [0.2, 0.25) is 0 Å². The van der Waals surface area contributed by atoms with Crippen LogP contribution in [0.5, 0.6) is 0 Å². The maximum atomic E-state index is 4.24. The van der Waals surface area contributed by atoms with Crippen molar-refractivity contribution in [2.24, 2.45) is 0 Å². The number of pyridine rings is 1. The largest absolute Gasteiger partial charge is 0.412 e. The summed E-state index contributed by atoms with van der Waals surface area (Å²) < 4.78 is 0. The van der Waals surface area contributed by atoms with Crippen molar-refractivity contribution in [3.8, 4) is 0 Å². The van der Waals surface area contributed by atoms with Crippen LogP contribution in [0.3, 0.4) is 0 Å². The predicted molar refractivity (Wildman–Crippen MR) is 50.1 cm³/mol.